The standard InChI is InChI=1S/C16H25N/c1-4-15-8-10-16(11-9-15)12-17-13(2)6-5-7-14(17)3/h8-11,13-14H,4-7,12H2,1-3H3/t13-,14+. The molecule has 0 N–H and O–H groups in total. The number of likely N-dealkylation sites (tertiary alicyclic amines) is 1. The van der Waals surface area contributed by atoms with Gasteiger partial charge >= 0.3 is 0 Å². The van der Waals surface area contributed by atoms with Crippen LogP contribution in [-0.4, -0.2) is 17.0 Å². The van der Waals surface area contributed by atoms with Crippen LogP contribution in [0.1, 0.15) is 51.2 Å². The average Bonchev–Trinajstić information content (AvgIpc) is 2.35. The molecule has 1 aromatic carbocycles. The van der Waals surface area contributed by atoms with Crippen molar-refractivity contribution in [2.75, 3.05) is 0 Å². The summed E-state index contributed by atoms with van der Waals surface area (Å²) in [4.78, 5) is 2.66. The van der Waals surface area contributed by atoms with Gasteiger partial charge in [0.15, 0.2) is 0 Å². The van der Waals surface area contributed by atoms with E-state index in [1.165, 1.54) is 30.4 Å². The fourth-order valence-corrected chi connectivity index (χ4v) is 2.88. The normalized spacial score (nSPS) is 26.1. The molecular formula is C16H25N. The van der Waals surface area contributed by atoms with Gasteiger partial charge in [-0.05, 0) is 44.2 Å². The third kappa shape index (κ3) is 3.10. The molecule has 1 aliphatic rings. The molecule has 2 rings (SSSR count). The van der Waals surface area contributed by atoms with Crippen LogP contribution >= 0.6 is 0 Å². The molecular weight excluding hydrogens is 206 g/mol. The van der Waals surface area contributed by atoms with Gasteiger partial charge in [-0.25, -0.2) is 0 Å². The largest absolute Gasteiger partial charge is 0.294 e. The summed E-state index contributed by atoms with van der Waals surface area (Å²) in [7, 11) is 0. The molecule has 1 saturated heterocycles. The van der Waals surface area contributed by atoms with Crippen molar-refractivity contribution in [3.05, 3.63) is 35.4 Å². The maximum absolute atomic E-state index is 2.66. The molecule has 0 amide bonds. The summed E-state index contributed by atoms with van der Waals surface area (Å²) in [6, 6.07) is 10.6. The first kappa shape index (κ1) is 12.6. The fraction of sp³-hybridized carbons (Fsp3) is 0.625. The maximum atomic E-state index is 2.66. The quantitative estimate of drug-likeness (QED) is 0.759. The van der Waals surface area contributed by atoms with E-state index in [1.807, 2.05) is 0 Å². The predicted octanol–water partition coefficient (Wildman–Crippen LogP) is 4.01. The van der Waals surface area contributed by atoms with E-state index in [1.54, 1.807) is 0 Å². The summed E-state index contributed by atoms with van der Waals surface area (Å²) in [6.45, 7) is 8.07. The van der Waals surface area contributed by atoms with Crippen molar-refractivity contribution >= 4 is 0 Å². The highest BCUT2D eigenvalue weighted by molar-refractivity contribution is 5.22. The molecule has 0 spiro atoms. The van der Waals surface area contributed by atoms with Crippen LogP contribution < -0.4 is 0 Å². The summed E-state index contributed by atoms with van der Waals surface area (Å²) in [5.74, 6) is 0. The SMILES string of the molecule is CCc1ccc(CN2[C@H](C)CCC[C@@H]2C)cc1. The van der Waals surface area contributed by atoms with Crippen LogP contribution in [0.5, 0.6) is 0 Å². The monoisotopic (exact) mass is 231 g/mol. The lowest BCUT2D eigenvalue weighted by molar-refractivity contribution is 0.0953. The smallest absolute Gasteiger partial charge is 0.0239 e. The van der Waals surface area contributed by atoms with Crippen LogP contribution in [0.4, 0.5) is 0 Å². The van der Waals surface area contributed by atoms with Gasteiger partial charge in [0.1, 0.15) is 0 Å². The van der Waals surface area contributed by atoms with E-state index in [0.29, 0.717) is 0 Å². The zero-order valence-corrected chi connectivity index (χ0v) is 11.4. The highest BCUT2D eigenvalue weighted by Crippen LogP contribution is 2.24. The molecule has 1 heteroatoms. The van der Waals surface area contributed by atoms with Crippen LogP contribution in [0.3, 0.4) is 0 Å². The predicted molar refractivity (Wildman–Crippen MR) is 74.1 cm³/mol. The molecule has 1 nitrogen and oxygen atoms in total. The number of aryl methyl sites for hydroxylation is 1. The summed E-state index contributed by atoms with van der Waals surface area (Å²) in [6.07, 6.45) is 5.25. The van der Waals surface area contributed by atoms with Gasteiger partial charge < -0.3 is 0 Å². The Balaban J connectivity index is 2.03. The first-order valence-electron chi connectivity index (χ1n) is 7.04. The van der Waals surface area contributed by atoms with Gasteiger partial charge in [0.2, 0.25) is 0 Å². The van der Waals surface area contributed by atoms with Crippen molar-refractivity contribution in [3.8, 4) is 0 Å². The molecule has 0 radical (unpaired) electrons. The van der Waals surface area contributed by atoms with E-state index in [9.17, 15) is 0 Å². The summed E-state index contributed by atoms with van der Waals surface area (Å²) < 4.78 is 0. The van der Waals surface area contributed by atoms with Crippen LogP contribution in [0, 0.1) is 0 Å². The maximum Gasteiger partial charge on any atom is 0.0239 e. The Bertz CT molecular complexity index is 331. The van der Waals surface area contributed by atoms with Crippen LogP contribution in [0.15, 0.2) is 24.3 Å². The minimum atomic E-state index is 0.740. The molecule has 0 unspecified atom stereocenters. The highest BCUT2D eigenvalue weighted by Gasteiger charge is 2.24. The van der Waals surface area contributed by atoms with Crippen molar-refractivity contribution in [2.45, 2.75) is 65.1 Å². The van der Waals surface area contributed by atoms with E-state index in [4.69, 9.17) is 0 Å². The van der Waals surface area contributed by atoms with Crippen molar-refractivity contribution in [1.82, 2.24) is 4.90 Å². The van der Waals surface area contributed by atoms with Gasteiger partial charge in [0, 0.05) is 18.6 Å². The molecule has 94 valence electrons. The molecule has 0 bridgehead atoms. The van der Waals surface area contributed by atoms with Crippen LogP contribution in [0.25, 0.3) is 0 Å². The Hall–Kier alpha value is -0.820. The molecule has 1 aliphatic heterocycles. The summed E-state index contributed by atoms with van der Waals surface area (Å²) in [5, 5.41) is 0. The Kier molecular flexibility index (Phi) is 4.22. The lowest BCUT2D eigenvalue weighted by Gasteiger charge is -2.39. The van der Waals surface area contributed by atoms with E-state index < -0.39 is 0 Å². The van der Waals surface area contributed by atoms with Crippen LogP contribution in [-0.2, 0) is 13.0 Å². The molecule has 1 heterocycles. The first-order valence-corrected chi connectivity index (χ1v) is 7.04. The van der Waals surface area contributed by atoms with Crippen molar-refractivity contribution in [3.63, 3.8) is 0 Å². The minimum absolute atomic E-state index is 0.740. The van der Waals surface area contributed by atoms with E-state index in [0.717, 1.165) is 25.0 Å². The molecule has 0 aliphatic carbocycles. The lowest BCUT2D eigenvalue weighted by atomic mass is 9.96. The Morgan fingerprint density at radius 2 is 1.53 bits per heavy atom. The zero-order chi connectivity index (χ0) is 12.3. The second kappa shape index (κ2) is 5.68. The van der Waals surface area contributed by atoms with Crippen molar-refractivity contribution in [2.24, 2.45) is 0 Å². The average molecular weight is 231 g/mol. The minimum Gasteiger partial charge on any atom is -0.294 e. The van der Waals surface area contributed by atoms with E-state index in [2.05, 4.69) is 49.9 Å². The second-order valence-electron chi connectivity index (χ2n) is 5.47. The number of rotatable bonds is 3. The van der Waals surface area contributed by atoms with Gasteiger partial charge in [-0.2, -0.15) is 0 Å². The van der Waals surface area contributed by atoms with Crippen LogP contribution in [0.2, 0.25) is 0 Å². The number of benzene rings is 1. The molecule has 0 aromatic heterocycles. The summed E-state index contributed by atoms with van der Waals surface area (Å²) in [5.41, 5.74) is 2.90. The molecule has 17 heavy (non-hydrogen) atoms. The van der Waals surface area contributed by atoms with Gasteiger partial charge in [-0.1, -0.05) is 37.6 Å². The molecule has 0 saturated carbocycles. The van der Waals surface area contributed by atoms with E-state index in [-0.39, 0.29) is 0 Å². The molecule has 1 aromatic rings. The number of hydrogen-bond donors (Lipinski definition) is 0. The van der Waals surface area contributed by atoms with Crippen molar-refractivity contribution in [1.29, 1.82) is 0 Å². The third-order valence-corrected chi connectivity index (χ3v) is 4.17. The number of nitrogens with zero attached hydrogens (tertiary/aromatic N) is 1. The summed E-state index contributed by atoms with van der Waals surface area (Å²) >= 11 is 0. The Labute approximate surface area is 106 Å². The lowest BCUT2D eigenvalue weighted by Crippen LogP contribution is -2.42. The molecule has 2 atom stereocenters. The first-order chi connectivity index (χ1) is 8.20. The Morgan fingerprint density at radius 1 is 1.00 bits per heavy atom. The van der Waals surface area contributed by atoms with Gasteiger partial charge in [-0.15, -0.1) is 0 Å². The fourth-order valence-electron chi connectivity index (χ4n) is 2.88. The topological polar surface area (TPSA) is 3.24 Å². The highest BCUT2D eigenvalue weighted by atomic mass is 15.2. The second-order valence-corrected chi connectivity index (χ2v) is 5.47. The van der Waals surface area contributed by atoms with E-state index >= 15 is 0 Å². The Morgan fingerprint density at radius 3 is 2.06 bits per heavy atom. The van der Waals surface area contributed by atoms with Crippen molar-refractivity contribution < 1.29 is 0 Å². The van der Waals surface area contributed by atoms with Gasteiger partial charge in [0.05, 0.1) is 0 Å². The number of piperidine rings is 1. The van der Waals surface area contributed by atoms with Gasteiger partial charge in [-0.3, -0.25) is 4.90 Å². The van der Waals surface area contributed by atoms with Gasteiger partial charge in [0.25, 0.3) is 0 Å². The zero-order valence-electron chi connectivity index (χ0n) is 11.4. The molecule has 1 fully saturated rings. The third-order valence-electron chi connectivity index (χ3n) is 4.17. The number of hydrogen-bond acceptors (Lipinski definition) is 1.